The smallest absolute Gasteiger partial charge is 0.341 e. The highest BCUT2D eigenvalue weighted by Gasteiger charge is 2.31. The minimum atomic E-state index is -0.412. The molecule has 0 aromatic carbocycles. The second-order valence-corrected chi connectivity index (χ2v) is 8.12. The van der Waals surface area contributed by atoms with Crippen molar-refractivity contribution in [2.75, 3.05) is 26.7 Å². The van der Waals surface area contributed by atoms with Gasteiger partial charge in [0.1, 0.15) is 23.6 Å². The number of furan rings is 1. The second kappa shape index (κ2) is 10.5. The summed E-state index contributed by atoms with van der Waals surface area (Å²) in [7, 11) is 1.35. The van der Waals surface area contributed by atoms with Crippen LogP contribution >= 0.6 is 0 Å². The Morgan fingerprint density at radius 2 is 2.03 bits per heavy atom. The Morgan fingerprint density at radius 1 is 1.27 bits per heavy atom. The first-order valence-electron chi connectivity index (χ1n) is 11.0. The van der Waals surface area contributed by atoms with Crippen molar-refractivity contribution < 1.29 is 18.7 Å². The summed E-state index contributed by atoms with van der Waals surface area (Å²) in [5.74, 6) is 1.93. The van der Waals surface area contributed by atoms with Crippen molar-refractivity contribution in [3.63, 3.8) is 0 Å². The maximum atomic E-state index is 12.8. The fourth-order valence-electron chi connectivity index (χ4n) is 4.29. The molecule has 1 atom stereocenters. The van der Waals surface area contributed by atoms with Gasteiger partial charge in [0.2, 0.25) is 5.91 Å². The summed E-state index contributed by atoms with van der Waals surface area (Å²) in [6, 6.07) is 1.85. The van der Waals surface area contributed by atoms with Crippen LogP contribution in [0.2, 0.25) is 0 Å². The zero-order valence-corrected chi connectivity index (χ0v) is 18.3. The lowest BCUT2D eigenvalue weighted by molar-refractivity contribution is -0.135. The van der Waals surface area contributed by atoms with E-state index in [1.54, 1.807) is 13.0 Å². The number of hydrogen-bond donors (Lipinski definition) is 2. The Balaban J connectivity index is 1.56. The highest BCUT2D eigenvalue weighted by molar-refractivity contribution is 5.90. The highest BCUT2D eigenvalue weighted by Crippen LogP contribution is 2.26. The number of hydrogen-bond acceptors (Lipinski definition) is 5. The molecule has 1 aromatic rings. The molecule has 1 aliphatic carbocycles. The van der Waals surface area contributed by atoms with Gasteiger partial charge in [-0.15, -0.1) is 0 Å². The predicted octanol–water partition coefficient (Wildman–Crippen LogP) is 2.61. The van der Waals surface area contributed by atoms with E-state index in [0.717, 1.165) is 32.4 Å². The minimum absolute atomic E-state index is 0.180. The van der Waals surface area contributed by atoms with E-state index in [0.29, 0.717) is 42.0 Å². The van der Waals surface area contributed by atoms with Crippen molar-refractivity contribution in [1.29, 1.82) is 0 Å². The van der Waals surface area contributed by atoms with E-state index in [4.69, 9.17) is 9.15 Å². The molecular weight excluding hydrogens is 384 g/mol. The van der Waals surface area contributed by atoms with E-state index in [-0.39, 0.29) is 12.0 Å². The monoisotopic (exact) mass is 418 g/mol. The van der Waals surface area contributed by atoms with E-state index in [2.05, 4.69) is 15.6 Å². The lowest BCUT2D eigenvalue weighted by atomic mass is 9.88. The van der Waals surface area contributed by atoms with Gasteiger partial charge in [-0.05, 0) is 39.2 Å². The highest BCUT2D eigenvalue weighted by atomic mass is 16.5. The molecular formula is C22H34N4O4. The van der Waals surface area contributed by atoms with Crippen LogP contribution in [-0.2, 0) is 16.1 Å². The average molecular weight is 419 g/mol. The Labute approximate surface area is 178 Å². The zero-order chi connectivity index (χ0) is 21.5. The van der Waals surface area contributed by atoms with Crippen LogP contribution in [0.25, 0.3) is 0 Å². The number of amides is 1. The second-order valence-electron chi connectivity index (χ2n) is 8.12. The molecule has 8 nitrogen and oxygen atoms in total. The molecule has 1 aromatic heterocycles. The number of esters is 1. The van der Waals surface area contributed by atoms with Crippen LogP contribution in [0.5, 0.6) is 0 Å². The molecule has 2 N–H and O–H groups in total. The van der Waals surface area contributed by atoms with Crippen molar-refractivity contribution in [2.24, 2.45) is 10.9 Å². The van der Waals surface area contributed by atoms with Gasteiger partial charge >= 0.3 is 5.97 Å². The van der Waals surface area contributed by atoms with Crippen LogP contribution in [-0.4, -0.2) is 55.5 Å². The molecule has 1 saturated heterocycles. The molecule has 1 saturated carbocycles. The molecule has 166 valence electrons. The third-order valence-electron chi connectivity index (χ3n) is 5.91. The number of aryl methyl sites for hydroxylation is 1. The van der Waals surface area contributed by atoms with Gasteiger partial charge in [-0.1, -0.05) is 19.3 Å². The average Bonchev–Trinajstić information content (AvgIpc) is 3.38. The number of nitrogens with zero attached hydrogens (tertiary/aromatic N) is 2. The van der Waals surface area contributed by atoms with Crippen molar-refractivity contribution >= 4 is 17.8 Å². The van der Waals surface area contributed by atoms with E-state index in [1.165, 1.54) is 26.4 Å². The summed E-state index contributed by atoms with van der Waals surface area (Å²) in [6.45, 7) is 6.30. The first-order valence-corrected chi connectivity index (χ1v) is 11.0. The van der Waals surface area contributed by atoms with Gasteiger partial charge in [0, 0.05) is 31.6 Å². The van der Waals surface area contributed by atoms with Crippen molar-refractivity contribution in [3.05, 3.63) is 23.2 Å². The molecule has 3 rings (SSSR count). The van der Waals surface area contributed by atoms with Gasteiger partial charge in [0.15, 0.2) is 5.96 Å². The van der Waals surface area contributed by atoms with Crippen LogP contribution in [0.4, 0.5) is 0 Å². The summed E-state index contributed by atoms with van der Waals surface area (Å²) >= 11 is 0. The predicted molar refractivity (Wildman–Crippen MR) is 114 cm³/mol. The molecule has 0 spiro atoms. The Bertz CT molecular complexity index is 767. The molecule has 0 bridgehead atoms. The first-order chi connectivity index (χ1) is 14.5. The maximum absolute atomic E-state index is 12.8. The Hall–Kier alpha value is -2.51. The Kier molecular flexibility index (Phi) is 7.76. The first kappa shape index (κ1) is 22.2. The molecule has 2 aliphatic rings. The van der Waals surface area contributed by atoms with Gasteiger partial charge < -0.3 is 24.7 Å². The fraction of sp³-hybridized carbons (Fsp3) is 0.682. The zero-order valence-electron chi connectivity index (χ0n) is 18.3. The van der Waals surface area contributed by atoms with Crippen molar-refractivity contribution in [1.82, 2.24) is 15.5 Å². The SMILES string of the molecule is CCNC(=NCc1cc(C(=O)OC)c(C)o1)NC1CCN(C(=O)C2CCCCC2)C1. The van der Waals surface area contributed by atoms with Crippen molar-refractivity contribution in [2.45, 2.75) is 65.0 Å². The lowest BCUT2D eigenvalue weighted by Gasteiger charge is -2.26. The Morgan fingerprint density at radius 3 is 2.73 bits per heavy atom. The number of carbonyl (C=O) groups excluding carboxylic acids is 2. The topological polar surface area (TPSA) is 96.2 Å². The molecule has 30 heavy (non-hydrogen) atoms. The minimum Gasteiger partial charge on any atom is -0.465 e. The van der Waals surface area contributed by atoms with Crippen molar-refractivity contribution in [3.8, 4) is 0 Å². The summed E-state index contributed by atoms with van der Waals surface area (Å²) in [5.41, 5.74) is 0.424. The van der Waals surface area contributed by atoms with Crippen LogP contribution in [0.15, 0.2) is 15.5 Å². The van der Waals surface area contributed by atoms with Gasteiger partial charge in [0.25, 0.3) is 0 Å². The van der Waals surface area contributed by atoms with Gasteiger partial charge in [-0.2, -0.15) is 0 Å². The molecule has 8 heteroatoms. The van der Waals surface area contributed by atoms with Gasteiger partial charge in [-0.3, -0.25) is 4.79 Å². The molecule has 1 aliphatic heterocycles. The van der Waals surface area contributed by atoms with Gasteiger partial charge in [0.05, 0.1) is 7.11 Å². The molecule has 0 radical (unpaired) electrons. The number of rotatable bonds is 6. The third kappa shape index (κ3) is 5.55. The summed E-state index contributed by atoms with van der Waals surface area (Å²) < 4.78 is 10.4. The molecule has 1 amide bonds. The number of methoxy groups -OCH3 is 1. The fourth-order valence-corrected chi connectivity index (χ4v) is 4.29. The number of ether oxygens (including phenoxy) is 1. The molecule has 2 heterocycles. The summed E-state index contributed by atoms with van der Waals surface area (Å²) in [6.07, 6.45) is 6.59. The maximum Gasteiger partial charge on any atom is 0.341 e. The number of aliphatic imine (C=N–C) groups is 1. The van der Waals surface area contributed by atoms with E-state index < -0.39 is 5.97 Å². The number of guanidine groups is 1. The number of carbonyl (C=O) groups is 2. The number of likely N-dealkylation sites (tertiary alicyclic amines) is 1. The van der Waals surface area contributed by atoms with E-state index in [1.807, 2.05) is 11.8 Å². The number of nitrogens with one attached hydrogen (secondary N) is 2. The lowest BCUT2D eigenvalue weighted by Crippen LogP contribution is -2.45. The van der Waals surface area contributed by atoms with E-state index >= 15 is 0 Å². The summed E-state index contributed by atoms with van der Waals surface area (Å²) in [4.78, 5) is 31.1. The van der Waals surface area contributed by atoms with Gasteiger partial charge in [-0.25, -0.2) is 9.79 Å². The van der Waals surface area contributed by atoms with E-state index in [9.17, 15) is 9.59 Å². The molecule has 2 fully saturated rings. The van der Waals surface area contributed by atoms with Crippen LogP contribution < -0.4 is 10.6 Å². The molecule has 1 unspecified atom stereocenters. The third-order valence-corrected chi connectivity index (χ3v) is 5.91. The largest absolute Gasteiger partial charge is 0.465 e. The van der Waals surface area contributed by atoms with Crippen LogP contribution in [0.1, 0.15) is 67.3 Å². The summed E-state index contributed by atoms with van der Waals surface area (Å²) in [5, 5.41) is 6.69. The normalized spacial score (nSPS) is 20.3. The standard InChI is InChI=1S/C22H34N4O4/c1-4-23-22(24-13-18-12-19(15(2)30-18)21(28)29-3)25-17-10-11-26(14-17)20(27)16-8-6-5-7-9-16/h12,16-17H,4-11,13-14H2,1-3H3,(H2,23,24,25). The van der Waals surface area contributed by atoms with Crippen LogP contribution in [0, 0.1) is 12.8 Å². The quantitative estimate of drug-likeness (QED) is 0.419. The van der Waals surface area contributed by atoms with Crippen LogP contribution in [0.3, 0.4) is 0 Å².